The average molecular weight is 290 g/mol. The molecule has 19 heavy (non-hydrogen) atoms. The fourth-order valence-electron chi connectivity index (χ4n) is 2.15. The van der Waals surface area contributed by atoms with Gasteiger partial charge in [-0.2, -0.15) is 0 Å². The summed E-state index contributed by atoms with van der Waals surface area (Å²) in [6.07, 6.45) is 6.56. The smallest absolute Gasteiger partial charge is 0.178 e. The number of thiazole rings is 1. The molecule has 1 atom stereocenters. The van der Waals surface area contributed by atoms with E-state index in [9.17, 15) is 0 Å². The van der Waals surface area contributed by atoms with E-state index in [0.717, 1.165) is 22.5 Å². The van der Waals surface area contributed by atoms with Crippen molar-refractivity contribution < 1.29 is 0 Å². The molecule has 1 unspecified atom stereocenters. The maximum atomic E-state index is 5.42. The average Bonchev–Trinajstić information content (AvgIpc) is 3.01. The molecule has 0 aliphatic rings. The summed E-state index contributed by atoms with van der Waals surface area (Å²) in [5, 5.41) is 1.09. The van der Waals surface area contributed by atoms with E-state index < -0.39 is 0 Å². The van der Waals surface area contributed by atoms with E-state index in [2.05, 4.69) is 33.4 Å². The van der Waals surface area contributed by atoms with Crippen molar-refractivity contribution in [2.75, 3.05) is 0 Å². The van der Waals surface area contributed by atoms with E-state index in [1.54, 1.807) is 23.7 Å². The molecule has 0 fully saturated rings. The molecule has 0 radical (unpaired) electrons. The monoisotopic (exact) mass is 290 g/mol. The number of hydrogen-bond donors (Lipinski definition) is 1. The minimum Gasteiger partial charge on any atom is -0.329 e. The van der Waals surface area contributed by atoms with Crippen molar-refractivity contribution in [3.05, 3.63) is 39.3 Å². The third kappa shape index (κ3) is 2.11. The lowest BCUT2D eigenvalue weighted by Crippen LogP contribution is -2.06. The highest BCUT2D eigenvalue weighted by molar-refractivity contribution is 7.71. The van der Waals surface area contributed by atoms with Crippen LogP contribution in [0.3, 0.4) is 0 Å². The summed E-state index contributed by atoms with van der Waals surface area (Å²) in [5.74, 6) is 0. The van der Waals surface area contributed by atoms with Gasteiger partial charge in [0.2, 0.25) is 0 Å². The number of rotatable bonds is 3. The maximum Gasteiger partial charge on any atom is 0.178 e. The maximum absolute atomic E-state index is 5.42. The Morgan fingerprint density at radius 3 is 3.05 bits per heavy atom. The number of H-pyrrole nitrogens is 1. The fraction of sp³-hybridized carbons (Fsp3) is 0.308. The van der Waals surface area contributed by atoms with Crippen molar-refractivity contribution in [3.8, 4) is 0 Å². The molecule has 4 nitrogen and oxygen atoms in total. The van der Waals surface area contributed by atoms with Crippen LogP contribution in [0.2, 0.25) is 0 Å². The van der Waals surface area contributed by atoms with E-state index in [-0.39, 0.29) is 6.04 Å². The van der Waals surface area contributed by atoms with Crippen LogP contribution in [0.4, 0.5) is 0 Å². The molecule has 0 saturated carbocycles. The molecule has 6 heteroatoms. The van der Waals surface area contributed by atoms with Crippen LogP contribution >= 0.6 is 23.6 Å². The van der Waals surface area contributed by atoms with Crippen LogP contribution in [0.25, 0.3) is 11.0 Å². The number of fused-ring (bicyclic) bond motifs is 1. The summed E-state index contributed by atoms with van der Waals surface area (Å²) in [5.41, 5.74) is 2.03. The summed E-state index contributed by atoms with van der Waals surface area (Å²) < 4.78 is 2.81. The second-order valence-electron chi connectivity index (χ2n) is 4.39. The number of nitrogens with one attached hydrogen (secondary N) is 1. The zero-order valence-electron chi connectivity index (χ0n) is 10.8. The predicted octanol–water partition coefficient (Wildman–Crippen LogP) is 3.72. The van der Waals surface area contributed by atoms with Crippen molar-refractivity contribution in [1.29, 1.82) is 0 Å². The highest BCUT2D eigenvalue weighted by Gasteiger charge is 2.16. The first-order valence-corrected chi connectivity index (χ1v) is 7.42. The molecular formula is C13H14N4S2. The van der Waals surface area contributed by atoms with Crippen LogP contribution in [-0.2, 0) is 6.42 Å². The predicted molar refractivity (Wildman–Crippen MR) is 80.2 cm³/mol. The van der Waals surface area contributed by atoms with Crippen LogP contribution in [0.1, 0.15) is 29.8 Å². The first-order valence-electron chi connectivity index (χ1n) is 6.19. The minimum atomic E-state index is 0.133. The lowest BCUT2D eigenvalue weighted by molar-refractivity contribution is 0.644. The Morgan fingerprint density at radius 2 is 2.32 bits per heavy atom. The lowest BCUT2D eigenvalue weighted by atomic mass is 10.3. The van der Waals surface area contributed by atoms with Gasteiger partial charge in [0.25, 0.3) is 0 Å². The van der Waals surface area contributed by atoms with Gasteiger partial charge in [-0.25, -0.2) is 4.98 Å². The second kappa shape index (κ2) is 4.86. The lowest BCUT2D eigenvalue weighted by Gasteiger charge is -2.11. The summed E-state index contributed by atoms with van der Waals surface area (Å²) >= 11 is 7.17. The number of imidazole rings is 1. The largest absolute Gasteiger partial charge is 0.329 e. The molecule has 0 aliphatic carbocycles. The van der Waals surface area contributed by atoms with Gasteiger partial charge in [-0.1, -0.05) is 6.92 Å². The first-order chi connectivity index (χ1) is 9.20. The van der Waals surface area contributed by atoms with Gasteiger partial charge in [0.05, 0.1) is 23.3 Å². The summed E-state index contributed by atoms with van der Waals surface area (Å²) in [6.45, 7) is 4.27. The molecule has 0 saturated heterocycles. The number of aromatic amines is 1. The van der Waals surface area contributed by atoms with Gasteiger partial charge >= 0.3 is 0 Å². The molecule has 3 heterocycles. The van der Waals surface area contributed by atoms with Crippen molar-refractivity contribution in [2.45, 2.75) is 26.3 Å². The van der Waals surface area contributed by atoms with E-state index in [1.165, 1.54) is 4.88 Å². The quantitative estimate of drug-likeness (QED) is 0.748. The molecule has 0 amide bonds. The van der Waals surface area contributed by atoms with Crippen LogP contribution in [0.15, 0.2) is 24.7 Å². The molecular weight excluding hydrogens is 276 g/mol. The zero-order chi connectivity index (χ0) is 13.4. The third-order valence-electron chi connectivity index (χ3n) is 3.18. The Bertz CT molecular complexity index is 768. The van der Waals surface area contributed by atoms with Crippen molar-refractivity contribution in [2.24, 2.45) is 0 Å². The topological polar surface area (TPSA) is 46.5 Å². The Morgan fingerprint density at radius 1 is 1.47 bits per heavy atom. The van der Waals surface area contributed by atoms with Crippen molar-refractivity contribution in [1.82, 2.24) is 19.5 Å². The molecule has 0 aliphatic heterocycles. The van der Waals surface area contributed by atoms with E-state index >= 15 is 0 Å². The number of nitrogens with zero attached hydrogens (tertiary/aromatic N) is 3. The van der Waals surface area contributed by atoms with Crippen LogP contribution in [0.5, 0.6) is 0 Å². The van der Waals surface area contributed by atoms with Crippen LogP contribution in [-0.4, -0.2) is 19.5 Å². The zero-order valence-corrected chi connectivity index (χ0v) is 12.4. The Balaban J connectivity index is 2.13. The first kappa shape index (κ1) is 12.5. The van der Waals surface area contributed by atoms with Gasteiger partial charge < -0.3 is 9.55 Å². The highest BCUT2D eigenvalue weighted by Crippen LogP contribution is 2.27. The van der Waals surface area contributed by atoms with Gasteiger partial charge in [0.1, 0.15) is 5.01 Å². The van der Waals surface area contributed by atoms with Gasteiger partial charge in [-0.05, 0) is 31.6 Å². The van der Waals surface area contributed by atoms with Crippen molar-refractivity contribution in [3.63, 3.8) is 0 Å². The van der Waals surface area contributed by atoms with Gasteiger partial charge in [-0.3, -0.25) is 4.98 Å². The molecule has 1 N–H and O–H groups in total. The number of aromatic nitrogens is 4. The Labute approximate surface area is 120 Å². The number of pyridine rings is 1. The van der Waals surface area contributed by atoms with E-state index in [0.29, 0.717) is 4.77 Å². The minimum absolute atomic E-state index is 0.133. The fourth-order valence-corrected chi connectivity index (χ4v) is 3.42. The molecule has 0 spiro atoms. The number of aryl methyl sites for hydroxylation is 1. The molecule has 3 rings (SSSR count). The van der Waals surface area contributed by atoms with Crippen LogP contribution in [0, 0.1) is 4.77 Å². The van der Waals surface area contributed by atoms with E-state index in [1.807, 2.05) is 12.3 Å². The Hall–Kier alpha value is -1.53. The van der Waals surface area contributed by atoms with Crippen molar-refractivity contribution >= 4 is 34.6 Å². The molecule has 0 bridgehead atoms. The van der Waals surface area contributed by atoms with E-state index in [4.69, 9.17) is 12.2 Å². The summed E-state index contributed by atoms with van der Waals surface area (Å²) in [6, 6.07) is 2.11. The SMILES string of the molecule is CCc1cnc(C(C)n2c(=S)[nH]c3cnccc32)s1. The molecule has 3 aromatic heterocycles. The summed E-state index contributed by atoms with van der Waals surface area (Å²) in [4.78, 5) is 13.1. The summed E-state index contributed by atoms with van der Waals surface area (Å²) in [7, 11) is 0. The molecule has 3 aromatic rings. The number of hydrogen-bond acceptors (Lipinski definition) is 4. The van der Waals surface area contributed by atoms with Gasteiger partial charge in [0, 0.05) is 17.3 Å². The second-order valence-corrected chi connectivity index (χ2v) is 5.92. The molecule has 98 valence electrons. The van der Waals surface area contributed by atoms with Gasteiger partial charge in [0.15, 0.2) is 4.77 Å². The normalized spacial score (nSPS) is 12.9. The third-order valence-corrected chi connectivity index (χ3v) is 4.79. The van der Waals surface area contributed by atoms with Crippen LogP contribution < -0.4 is 0 Å². The standard InChI is InChI=1S/C13H14N4S2/c1-3-9-6-15-12(19-9)8(2)17-11-4-5-14-7-10(11)16-13(17)18/h4-8H,3H2,1-2H3,(H,16,18). The molecule has 0 aromatic carbocycles. The Kier molecular flexibility index (Phi) is 3.20. The van der Waals surface area contributed by atoms with Gasteiger partial charge in [-0.15, -0.1) is 11.3 Å². The highest BCUT2D eigenvalue weighted by atomic mass is 32.1.